The number of nitrogens with one attached hydrogen (secondary N) is 1. The lowest BCUT2D eigenvalue weighted by atomic mass is 10.1. The predicted octanol–water partition coefficient (Wildman–Crippen LogP) is 4.47. The molecule has 0 saturated carbocycles. The molecule has 5 nitrogen and oxygen atoms in total. The Morgan fingerprint density at radius 3 is 2.56 bits per heavy atom. The molecule has 3 rings (SSSR count). The summed E-state index contributed by atoms with van der Waals surface area (Å²) in [6.45, 7) is 5.82. The second-order valence-electron chi connectivity index (χ2n) is 5.86. The third-order valence-electron chi connectivity index (χ3n) is 3.64. The first-order chi connectivity index (χ1) is 12.0. The van der Waals surface area contributed by atoms with Gasteiger partial charge in [0.05, 0.1) is 5.25 Å². The summed E-state index contributed by atoms with van der Waals surface area (Å²) in [5.74, 6) is 0.347. The van der Waals surface area contributed by atoms with Crippen LogP contribution in [0.15, 0.2) is 58.2 Å². The van der Waals surface area contributed by atoms with Crippen LogP contribution in [0.5, 0.6) is 0 Å². The highest BCUT2D eigenvalue weighted by Crippen LogP contribution is 2.27. The Morgan fingerprint density at radius 1 is 1.08 bits per heavy atom. The van der Waals surface area contributed by atoms with Crippen molar-refractivity contribution in [2.45, 2.75) is 31.2 Å². The van der Waals surface area contributed by atoms with Gasteiger partial charge in [-0.25, -0.2) is 0 Å². The molecule has 6 heteroatoms. The van der Waals surface area contributed by atoms with Gasteiger partial charge >= 0.3 is 0 Å². The Morgan fingerprint density at radius 2 is 1.84 bits per heavy atom. The van der Waals surface area contributed by atoms with E-state index in [-0.39, 0.29) is 11.2 Å². The summed E-state index contributed by atoms with van der Waals surface area (Å²) >= 11 is 1.24. The number of aromatic nitrogens is 2. The van der Waals surface area contributed by atoms with E-state index in [1.807, 2.05) is 69.3 Å². The Kier molecular flexibility index (Phi) is 5.19. The quantitative estimate of drug-likeness (QED) is 0.685. The molecule has 1 amide bonds. The number of carbonyl (C=O) groups is 1. The number of thioether (sulfide) groups is 1. The normalized spacial score (nSPS) is 12.0. The lowest BCUT2D eigenvalue weighted by Crippen LogP contribution is -2.22. The van der Waals surface area contributed by atoms with Crippen LogP contribution >= 0.6 is 11.8 Å². The monoisotopic (exact) mass is 353 g/mol. The zero-order valence-corrected chi connectivity index (χ0v) is 15.1. The lowest BCUT2D eigenvalue weighted by molar-refractivity contribution is -0.115. The Labute approximate surface area is 150 Å². The molecule has 0 aliphatic heterocycles. The topological polar surface area (TPSA) is 68.0 Å². The number of nitrogens with zero attached hydrogens (tertiary/aromatic N) is 2. The Bertz CT molecular complexity index is 874. The van der Waals surface area contributed by atoms with Crippen LogP contribution in [-0.2, 0) is 4.79 Å². The zero-order valence-electron chi connectivity index (χ0n) is 14.3. The van der Waals surface area contributed by atoms with Gasteiger partial charge in [-0.1, -0.05) is 41.6 Å². The zero-order chi connectivity index (χ0) is 17.8. The second kappa shape index (κ2) is 7.53. The molecule has 25 heavy (non-hydrogen) atoms. The number of carbonyl (C=O) groups excluding carboxylic acids is 1. The highest BCUT2D eigenvalue weighted by molar-refractivity contribution is 8.00. The second-order valence-corrected chi connectivity index (χ2v) is 7.15. The first-order valence-corrected chi connectivity index (χ1v) is 8.84. The lowest BCUT2D eigenvalue weighted by Gasteiger charge is -2.10. The molecular weight excluding hydrogens is 334 g/mol. The molecule has 0 spiro atoms. The van der Waals surface area contributed by atoms with Crippen molar-refractivity contribution >= 4 is 23.4 Å². The van der Waals surface area contributed by atoms with Gasteiger partial charge in [0, 0.05) is 11.3 Å². The maximum Gasteiger partial charge on any atom is 0.277 e. The van der Waals surface area contributed by atoms with Gasteiger partial charge in [-0.15, -0.1) is 10.2 Å². The highest BCUT2D eigenvalue weighted by atomic mass is 32.2. The van der Waals surface area contributed by atoms with Crippen LogP contribution in [0.25, 0.3) is 11.5 Å². The summed E-state index contributed by atoms with van der Waals surface area (Å²) in [5, 5.41) is 11.0. The molecular formula is C19H19N3O2S. The number of aryl methyl sites for hydroxylation is 2. The van der Waals surface area contributed by atoms with Crippen LogP contribution in [0.2, 0.25) is 0 Å². The van der Waals surface area contributed by atoms with E-state index in [1.54, 1.807) is 0 Å². The van der Waals surface area contributed by atoms with E-state index >= 15 is 0 Å². The summed E-state index contributed by atoms with van der Waals surface area (Å²) in [7, 11) is 0. The van der Waals surface area contributed by atoms with Gasteiger partial charge in [-0.05, 0) is 50.6 Å². The van der Waals surface area contributed by atoms with Crippen molar-refractivity contribution in [3.63, 3.8) is 0 Å². The number of amides is 1. The summed E-state index contributed by atoms with van der Waals surface area (Å²) in [5.41, 5.74) is 3.90. The Hall–Kier alpha value is -2.60. The van der Waals surface area contributed by atoms with Crippen molar-refractivity contribution in [1.29, 1.82) is 0 Å². The molecule has 1 N–H and O–H groups in total. The van der Waals surface area contributed by atoms with Crippen LogP contribution in [0.1, 0.15) is 18.1 Å². The smallest absolute Gasteiger partial charge is 0.277 e. The fourth-order valence-electron chi connectivity index (χ4n) is 2.24. The number of benzene rings is 2. The van der Waals surface area contributed by atoms with Gasteiger partial charge in [0.15, 0.2) is 0 Å². The van der Waals surface area contributed by atoms with E-state index in [4.69, 9.17) is 4.42 Å². The van der Waals surface area contributed by atoms with Gasteiger partial charge in [0.25, 0.3) is 5.22 Å². The largest absolute Gasteiger partial charge is 0.411 e. The molecule has 0 unspecified atom stereocenters. The minimum Gasteiger partial charge on any atom is -0.411 e. The fourth-order valence-corrected chi connectivity index (χ4v) is 2.93. The summed E-state index contributed by atoms with van der Waals surface area (Å²) in [4.78, 5) is 12.3. The van der Waals surface area contributed by atoms with Gasteiger partial charge < -0.3 is 9.73 Å². The molecule has 0 fully saturated rings. The van der Waals surface area contributed by atoms with Crippen LogP contribution in [0, 0.1) is 13.8 Å². The van der Waals surface area contributed by atoms with E-state index in [2.05, 4.69) is 15.5 Å². The first kappa shape index (κ1) is 17.2. The highest BCUT2D eigenvalue weighted by Gasteiger charge is 2.19. The third kappa shape index (κ3) is 4.48. The molecule has 1 atom stereocenters. The van der Waals surface area contributed by atoms with Gasteiger partial charge in [-0.3, -0.25) is 4.79 Å². The van der Waals surface area contributed by atoms with Crippen molar-refractivity contribution in [3.8, 4) is 11.5 Å². The molecule has 0 radical (unpaired) electrons. The van der Waals surface area contributed by atoms with Crippen molar-refractivity contribution in [2.75, 3.05) is 5.32 Å². The minimum atomic E-state index is -0.355. The molecule has 0 bridgehead atoms. The molecule has 0 aliphatic rings. The van der Waals surface area contributed by atoms with Gasteiger partial charge in [-0.2, -0.15) is 0 Å². The molecule has 0 saturated heterocycles. The van der Waals surface area contributed by atoms with Gasteiger partial charge in [0.2, 0.25) is 11.8 Å². The number of hydrogen-bond donors (Lipinski definition) is 1. The van der Waals surface area contributed by atoms with Crippen LogP contribution in [-0.4, -0.2) is 21.4 Å². The van der Waals surface area contributed by atoms with Crippen LogP contribution in [0.4, 0.5) is 5.69 Å². The maximum atomic E-state index is 12.3. The van der Waals surface area contributed by atoms with Crippen molar-refractivity contribution < 1.29 is 9.21 Å². The first-order valence-electron chi connectivity index (χ1n) is 7.96. The van der Waals surface area contributed by atoms with Crippen molar-refractivity contribution in [1.82, 2.24) is 10.2 Å². The number of anilines is 1. The Balaban J connectivity index is 1.63. The van der Waals surface area contributed by atoms with Crippen LogP contribution < -0.4 is 5.32 Å². The third-order valence-corrected chi connectivity index (χ3v) is 4.57. The van der Waals surface area contributed by atoms with Crippen molar-refractivity contribution in [2.24, 2.45) is 0 Å². The molecule has 1 aromatic heterocycles. The SMILES string of the molecule is Cc1ccc(-c2nnc(S[C@H](C)C(=O)Nc3cccc(C)c3)o2)cc1. The molecule has 2 aromatic carbocycles. The van der Waals surface area contributed by atoms with E-state index in [9.17, 15) is 4.79 Å². The molecule has 3 aromatic rings. The predicted molar refractivity (Wildman–Crippen MR) is 99.6 cm³/mol. The van der Waals surface area contributed by atoms with E-state index in [0.717, 1.165) is 16.8 Å². The minimum absolute atomic E-state index is 0.106. The maximum absolute atomic E-state index is 12.3. The van der Waals surface area contributed by atoms with E-state index in [1.165, 1.54) is 17.3 Å². The average molecular weight is 353 g/mol. The molecule has 1 heterocycles. The van der Waals surface area contributed by atoms with E-state index in [0.29, 0.717) is 11.1 Å². The number of hydrogen-bond acceptors (Lipinski definition) is 5. The summed E-state index contributed by atoms with van der Waals surface area (Å²) < 4.78 is 5.66. The summed E-state index contributed by atoms with van der Waals surface area (Å²) in [6.07, 6.45) is 0. The molecule has 0 aliphatic carbocycles. The van der Waals surface area contributed by atoms with E-state index < -0.39 is 0 Å². The van der Waals surface area contributed by atoms with Crippen molar-refractivity contribution in [3.05, 3.63) is 59.7 Å². The number of rotatable bonds is 5. The van der Waals surface area contributed by atoms with Crippen LogP contribution in [0.3, 0.4) is 0 Å². The summed E-state index contributed by atoms with van der Waals surface area (Å²) in [6, 6.07) is 15.5. The molecule has 128 valence electrons. The fraction of sp³-hybridized carbons (Fsp3) is 0.211. The average Bonchev–Trinajstić information content (AvgIpc) is 3.04. The standard InChI is InChI=1S/C19H19N3O2S/c1-12-7-9-15(10-8-12)18-21-22-19(24-18)25-14(3)17(23)20-16-6-4-5-13(2)11-16/h4-11,14H,1-3H3,(H,20,23)/t14-/m1/s1. The van der Waals surface area contributed by atoms with Gasteiger partial charge in [0.1, 0.15) is 0 Å².